The van der Waals surface area contributed by atoms with Gasteiger partial charge in [-0.15, -0.1) is 0 Å². The number of nitrogens with two attached hydrogens (primary N) is 1. The summed E-state index contributed by atoms with van der Waals surface area (Å²) in [6, 6.07) is 7.17. The van der Waals surface area contributed by atoms with E-state index >= 15 is 0 Å². The molecule has 2 rings (SSSR count). The van der Waals surface area contributed by atoms with Crippen molar-refractivity contribution in [3.63, 3.8) is 0 Å². The number of rotatable bonds is 5. The Balaban J connectivity index is 2.01. The summed E-state index contributed by atoms with van der Waals surface area (Å²) in [5.41, 5.74) is 6.94. The van der Waals surface area contributed by atoms with E-state index in [0.717, 1.165) is 12.1 Å². The minimum atomic E-state index is -0.0524. The van der Waals surface area contributed by atoms with Gasteiger partial charge in [0.1, 0.15) is 4.99 Å². The van der Waals surface area contributed by atoms with E-state index in [9.17, 15) is 4.79 Å². The van der Waals surface area contributed by atoms with Crippen LogP contribution in [0.4, 0.5) is 0 Å². The zero-order chi connectivity index (χ0) is 14.6. The van der Waals surface area contributed by atoms with Gasteiger partial charge in [0.25, 0.3) is 5.91 Å². The van der Waals surface area contributed by atoms with Gasteiger partial charge in [-0.25, -0.2) is 0 Å². The van der Waals surface area contributed by atoms with Crippen LogP contribution >= 0.6 is 24.0 Å². The Morgan fingerprint density at radius 3 is 2.65 bits per heavy atom. The van der Waals surface area contributed by atoms with Crippen molar-refractivity contribution < 1.29 is 4.79 Å². The molecule has 3 nitrogen and oxygen atoms in total. The molecule has 0 atom stereocenters. The van der Waals surface area contributed by atoms with Gasteiger partial charge in [0.15, 0.2) is 0 Å². The second-order valence-electron chi connectivity index (χ2n) is 5.22. The minimum absolute atomic E-state index is 0.0524. The lowest BCUT2D eigenvalue weighted by Crippen LogP contribution is -2.38. The normalized spacial score (nSPS) is 16.9. The molecular formula is C15H20N2OS2. The van der Waals surface area contributed by atoms with E-state index in [1.54, 1.807) is 12.1 Å². The van der Waals surface area contributed by atoms with Crippen molar-refractivity contribution in [3.8, 4) is 0 Å². The summed E-state index contributed by atoms with van der Waals surface area (Å²) in [5.74, 6) is -0.0524. The number of benzene rings is 1. The van der Waals surface area contributed by atoms with Crippen LogP contribution in [0.5, 0.6) is 0 Å². The molecule has 0 aliphatic heterocycles. The van der Waals surface area contributed by atoms with E-state index < -0.39 is 0 Å². The van der Waals surface area contributed by atoms with Crippen molar-refractivity contribution in [2.45, 2.75) is 30.4 Å². The smallest absolute Gasteiger partial charge is 0.251 e. The van der Waals surface area contributed by atoms with Crippen LogP contribution in [0.1, 0.15) is 41.6 Å². The van der Waals surface area contributed by atoms with E-state index in [2.05, 4.69) is 11.6 Å². The van der Waals surface area contributed by atoms with Crippen molar-refractivity contribution in [1.82, 2.24) is 5.32 Å². The highest BCUT2D eigenvalue weighted by atomic mass is 32.2. The van der Waals surface area contributed by atoms with Gasteiger partial charge in [-0.2, -0.15) is 11.8 Å². The van der Waals surface area contributed by atoms with Gasteiger partial charge in [0.05, 0.1) is 0 Å². The molecule has 0 heterocycles. The highest BCUT2D eigenvalue weighted by Gasteiger charge is 2.33. The lowest BCUT2D eigenvalue weighted by Gasteiger charge is -2.26. The SMILES string of the molecule is CSC1(CNC(=O)c2cccc(C(N)=S)c2)CCCC1. The van der Waals surface area contributed by atoms with E-state index in [-0.39, 0.29) is 10.7 Å². The second-order valence-corrected chi connectivity index (χ2v) is 6.94. The molecule has 1 aliphatic carbocycles. The molecule has 5 heteroatoms. The Bertz CT molecular complexity index is 510. The Morgan fingerprint density at radius 2 is 2.05 bits per heavy atom. The standard InChI is InChI=1S/C15H20N2OS2/c1-20-15(7-2-3-8-15)10-17-14(18)12-6-4-5-11(9-12)13(16)19/h4-6,9H,2-3,7-8,10H2,1H3,(H2,16,19)(H,17,18). The van der Waals surface area contributed by atoms with Crippen molar-refractivity contribution >= 4 is 34.9 Å². The molecule has 0 bridgehead atoms. The Hall–Kier alpha value is -1.07. The van der Waals surface area contributed by atoms with Crippen molar-refractivity contribution in [2.75, 3.05) is 12.8 Å². The maximum absolute atomic E-state index is 12.2. The summed E-state index contributed by atoms with van der Waals surface area (Å²) >= 11 is 6.81. The van der Waals surface area contributed by atoms with Gasteiger partial charge in [-0.3, -0.25) is 4.79 Å². The molecule has 108 valence electrons. The lowest BCUT2D eigenvalue weighted by molar-refractivity contribution is 0.0949. The fourth-order valence-corrected chi connectivity index (χ4v) is 3.67. The number of amides is 1. The van der Waals surface area contributed by atoms with E-state index in [1.165, 1.54) is 25.7 Å². The monoisotopic (exact) mass is 308 g/mol. The first-order valence-corrected chi connectivity index (χ1v) is 8.43. The Labute approximate surface area is 129 Å². The zero-order valence-corrected chi connectivity index (χ0v) is 13.3. The highest BCUT2D eigenvalue weighted by Crippen LogP contribution is 2.39. The fourth-order valence-electron chi connectivity index (χ4n) is 2.63. The van der Waals surface area contributed by atoms with Crippen LogP contribution in [0.2, 0.25) is 0 Å². The van der Waals surface area contributed by atoms with E-state index in [1.807, 2.05) is 23.9 Å². The lowest BCUT2D eigenvalue weighted by atomic mass is 10.1. The number of carbonyl (C=O) groups is 1. The first kappa shape index (κ1) is 15.3. The van der Waals surface area contributed by atoms with Crippen LogP contribution in [0.15, 0.2) is 24.3 Å². The third-order valence-electron chi connectivity index (χ3n) is 3.93. The molecule has 1 aliphatic rings. The summed E-state index contributed by atoms with van der Waals surface area (Å²) in [4.78, 5) is 12.5. The molecule has 1 fully saturated rings. The van der Waals surface area contributed by atoms with E-state index in [4.69, 9.17) is 18.0 Å². The third kappa shape index (κ3) is 3.52. The number of thiocarbonyl (C=S) groups is 1. The molecule has 1 amide bonds. The fraction of sp³-hybridized carbons (Fsp3) is 0.467. The number of hydrogen-bond acceptors (Lipinski definition) is 3. The molecule has 1 saturated carbocycles. The molecule has 3 N–H and O–H groups in total. The number of nitrogens with one attached hydrogen (secondary N) is 1. The molecule has 0 aromatic heterocycles. The molecular weight excluding hydrogens is 288 g/mol. The maximum atomic E-state index is 12.2. The third-order valence-corrected chi connectivity index (χ3v) is 5.58. The summed E-state index contributed by atoms with van der Waals surface area (Å²) < 4.78 is 0.219. The Morgan fingerprint density at radius 1 is 1.40 bits per heavy atom. The molecule has 0 spiro atoms. The summed E-state index contributed by atoms with van der Waals surface area (Å²) in [6.07, 6.45) is 7.01. The molecule has 1 aromatic carbocycles. The molecule has 0 saturated heterocycles. The van der Waals surface area contributed by atoms with E-state index in [0.29, 0.717) is 10.6 Å². The minimum Gasteiger partial charge on any atom is -0.389 e. The predicted octanol–water partition coefficient (Wildman–Crippen LogP) is 2.73. The molecule has 1 aromatic rings. The average molecular weight is 308 g/mol. The van der Waals surface area contributed by atoms with Gasteiger partial charge in [-0.05, 0) is 31.2 Å². The van der Waals surface area contributed by atoms with Crippen LogP contribution < -0.4 is 11.1 Å². The molecule has 0 radical (unpaired) electrons. The molecule has 20 heavy (non-hydrogen) atoms. The Kier molecular flexibility index (Phi) is 5.05. The first-order chi connectivity index (χ1) is 9.56. The summed E-state index contributed by atoms with van der Waals surface area (Å²) in [6.45, 7) is 0.726. The highest BCUT2D eigenvalue weighted by molar-refractivity contribution is 8.00. The van der Waals surface area contributed by atoms with Crippen molar-refractivity contribution in [1.29, 1.82) is 0 Å². The van der Waals surface area contributed by atoms with Crippen LogP contribution in [0.3, 0.4) is 0 Å². The van der Waals surface area contributed by atoms with Crippen molar-refractivity contribution in [3.05, 3.63) is 35.4 Å². The van der Waals surface area contributed by atoms with Crippen LogP contribution in [0, 0.1) is 0 Å². The average Bonchev–Trinajstić information content (AvgIpc) is 2.94. The number of carbonyl (C=O) groups excluding carboxylic acids is 1. The van der Waals surface area contributed by atoms with Gasteiger partial charge < -0.3 is 11.1 Å². The van der Waals surface area contributed by atoms with Crippen LogP contribution in [-0.4, -0.2) is 28.4 Å². The maximum Gasteiger partial charge on any atom is 0.251 e. The van der Waals surface area contributed by atoms with Crippen LogP contribution in [0.25, 0.3) is 0 Å². The van der Waals surface area contributed by atoms with Crippen LogP contribution in [-0.2, 0) is 0 Å². The zero-order valence-electron chi connectivity index (χ0n) is 11.6. The number of thioether (sulfide) groups is 1. The topological polar surface area (TPSA) is 55.1 Å². The summed E-state index contributed by atoms with van der Waals surface area (Å²) in [7, 11) is 0. The van der Waals surface area contributed by atoms with Gasteiger partial charge in [0.2, 0.25) is 0 Å². The first-order valence-electron chi connectivity index (χ1n) is 6.79. The van der Waals surface area contributed by atoms with Crippen molar-refractivity contribution in [2.24, 2.45) is 5.73 Å². The predicted molar refractivity (Wildman–Crippen MR) is 89.4 cm³/mol. The van der Waals surface area contributed by atoms with Gasteiger partial charge in [-0.1, -0.05) is 37.2 Å². The quantitative estimate of drug-likeness (QED) is 0.821. The number of hydrogen-bond donors (Lipinski definition) is 2. The van der Waals surface area contributed by atoms with Gasteiger partial charge >= 0.3 is 0 Å². The largest absolute Gasteiger partial charge is 0.389 e. The molecule has 0 unspecified atom stereocenters. The van der Waals surface area contributed by atoms with Gasteiger partial charge in [0, 0.05) is 22.4 Å². The summed E-state index contributed by atoms with van der Waals surface area (Å²) in [5, 5.41) is 3.05. The second kappa shape index (κ2) is 6.59.